The number of amides is 1. The van der Waals surface area contributed by atoms with Gasteiger partial charge < -0.3 is 19.9 Å². The minimum absolute atomic E-state index is 0.0628. The minimum Gasteiger partial charge on any atom is -0.494 e. The van der Waals surface area contributed by atoms with Crippen LogP contribution in [0.3, 0.4) is 0 Å². The number of carbonyl (C=O) groups excluding carboxylic acids is 2. The Morgan fingerprint density at radius 1 is 1.36 bits per heavy atom. The molecule has 0 radical (unpaired) electrons. The molecule has 1 aromatic heterocycles. The number of nitrogens with one attached hydrogen (secondary N) is 1. The molecule has 1 amide bonds. The number of ether oxygens (including phenoxy) is 2. The van der Waals surface area contributed by atoms with E-state index in [0.29, 0.717) is 6.61 Å². The number of unbranched alkanes of at least 4 members (excludes halogenated alkanes) is 1. The van der Waals surface area contributed by atoms with Crippen LogP contribution in [0.15, 0.2) is 12.3 Å². The number of nitrogens with zero attached hydrogens (tertiary/aromatic N) is 1. The SMILES string of the molecule is CCCCOC(=O)c1cnc(C(=O)NCC(=O)O)c(OC)c1. The first-order valence-corrected chi connectivity index (χ1v) is 6.70. The number of carboxylic acid groups (broad SMARTS) is 1. The number of rotatable bonds is 8. The van der Waals surface area contributed by atoms with Gasteiger partial charge in [0.1, 0.15) is 6.54 Å². The van der Waals surface area contributed by atoms with Crippen LogP contribution in [0.25, 0.3) is 0 Å². The second-order valence-electron chi connectivity index (χ2n) is 4.34. The van der Waals surface area contributed by atoms with Crippen LogP contribution in [0.4, 0.5) is 0 Å². The number of methoxy groups -OCH3 is 1. The summed E-state index contributed by atoms with van der Waals surface area (Å²) in [4.78, 5) is 37.9. The summed E-state index contributed by atoms with van der Waals surface area (Å²) in [6, 6.07) is 1.33. The highest BCUT2D eigenvalue weighted by Gasteiger charge is 2.18. The van der Waals surface area contributed by atoms with Crippen LogP contribution >= 0.6 is 0 Å². The first kappa shape index (κ1) is 17.4. The fourth-order valence-electron chi connectivity index (χ4n) is 1.51. The Morgan fingerprint density at radius 2 is 2.09 bits per heavy atom. The summed E-state index contributed by atoms with van der Waals surface area (Å²) in [6.07, 6.45) is 2.84. The van der Waals surface area contributed by atoms with Crippen LogP contribution in [-0.2, 0) is 9.53 Å². The molecule has 1 rings (SSSR count). The summed E-state index contributed by atoms with van der Waals surface area (Å²) >= 11 is 0. The summed E-state index contributed by atoms with van der Waals surface area (Å²) in [6.45, 7) is 1.74. The van der Waals surface area contributed by atoms with Gasteiger partial charge in [-0.3, -0.25) is 9.59 Å². The lowest BCUT2D eigenvalue weighted by molar-refractivity contribution is -0.135. The molecule has 0 saturated heterocycles. The Hall–Kier alpha value is -2.64. The zero-order valence-electron chi connectivity index (χ0n) is 12.4. The number of pyridine rings is 1. The van der Waals surface area contributed by atoms with Gasteiger partial charge in [-0.1, -0.05) is 13.3 Å². The molecule has 0 fully saturated rings. The van der Waals surface area contributed by atoms with Gasteiger partial charge in [0.15, 0.2) is 11.4 Å². The lowest BCUT2D eigenvalue weighted by atomic mass is 10.2. The Balaban J connectivity index is 2.84. The molecular formula is C14H18N2O6. The van der Waals surface area contributed by atoms with Crippen LogP contribution in [0.1, 0.15) is 40.6 Å². The first-order chi connectivity index (χ1) is 10.5. The van der Waals surface area contributed by atoms with Crippen molar-refractivity contribution in [1.29, 1.82) is 0 Å². The highest BCUT2D eigenvalue weighted by Crippen LogP contribution is 2.18. The van der Waals surface area contributed by atoms with Gasteiger partial charge in [-0.2, -0.15) is 0 Å². The Labute approximate surface area is 127 Å². The van der Waals surface area contributed by atoms with Crippen molar-refractivity contribution in [3.63, 3.8) is 0 Å². The first-order valence-electron chi connectivity index (χ1n) is 6.70. The molecule has 0 aliphatic heterocycles. The Kier molecular flexibility index (Phi) is 6.81. The van der Waals surface area contributed by atoms with Gasteiger partial charge in [-0.15, -0.1) is 0 Å². The monoisotopic (exact) mass is 310 g/mol. The quantitative estimate of drug-likeness (QED) is 0.540. The summed E-state index contributed by atoms with van der Waals surface area (Å²) < 4.78 is 10.0. The van der Waals surface area contributed by atoms with Gasteiger partial charge >= 0.3 is 11.9 Å². The number of aromatic nitrogens is 1. The minimum atomic E-state index is -1.18. The molecule has 2 N–H and O–H groups in total. The molecule has 0 aliphatic rings. The van der Waals surface area contributed by atoms with Crippen molar-refractivity contribution in [1.82, 2.24) is 10.3 Å². The maximum Gasteiger partial charge on any atom is 0.339 e. The van der Waals surface area contributed by atoms with E-state index in [4.69, 9.17) is 14.6 Å². The fourth-order valence-corrected chi connectivity index (χ4v) is 1.51. The number of carbonyl (C=O) groups is 3. The van der Waals surface area contributed by atoms with Crippen LogP contribution in [0.5, 0.6) is 5.75 Å². The Morgan fingerprint density at radius 3 is 2.68 bits per heavy atom. The second kappa shape index (κ2) is 8.60. The molecule has 0 spiro atoms. The van der Waals surface area contributed by atoms with Gasteiger partial charge in [0.05, 0.1) is 19.3 Å². The highest BCUT2D eigenvalue weighted by molar-refractivity contribution is 5.98. The van der Waals surface area contributed by atoms with Crippen molar-refractivity contribution < 1.29 is 29.0 Å². The maximum atomic E-state index is 11.8. The third kappa shape index (κ3) is 5.04. The predicted molar refractivity (Wildman–Crippen MR) is 75.9 cm³/mol. The van der Waals surface area contributed by atoms with Crippen LogP contribution in [0, 0.1) is 0 Å². The maximum absolute atomic E-state index is 11.8. The summed E-state index contributed by atoms with van der Waals surface area (Å²) in [5.41, 5.74) is 0.0524. The standard InChI is InChI=1S/C14H18N2O6/c1-3-4-5-22-14(20)9-6-10(21-2)12(15-7-9)13(19)16-8-11(17)18/h6-7H,3-5,8H2,1-2H3,(H,16,19)(H,17,18). The van der Waals surface area contributed by atoms with Gasteiger partial charge in [0, 0.05) is 6.20 Å². The molecule has 0 aliphatic carbocycles. The number of hydrogen-bond donors (Lipinski definition) is 2. The van der Waals surface area contributed by atoms with E-state index in [-0.39, 0.29) is 17.0 Å². The lowest BCUT2D eigenvalue weighted by Gasteiger charge is -2.09. The van der Waals surface area contributed by atoms with E-state index in [9.17, 15) is 14.4 Å². The Bertz CT molecular complexity index is 558. The zero-order chi connectivity index (χ0) is 16.5. The van der Waals surface area contributed by atoms with E-state index in [1.54, 1.807) is 0 Å². The molecule has 120 valence electrons. The van der Waals surface area contributed by atoms with E-state index in [0.717, 1.165) is 12.8 Å². The van der Waals surface area contributed by atoms with Crippen molar-refractivity contribution in [3.8, 4) is 5.75 Å². The molecule has 0 aromatic carbocycles. The average molecular weight is 310 g/mol. The largest absolute Gasteiger partial charge is 0.494 e. The molecule has 8 heteroatoms. The van der Waals surface area contributed by atoms with Crippen molar-refractivity contribution >= 4 is 17.8 Å². The van der Waals surface area contributed by atoms with Gasteiger partial charge in [0.25, 0.3) is 5.91 Å². The van der Waals surface area contributed by atoms with E-state index in [2.05, 4.69) is 10.3 Å². The molecular weight excluding hydrogens is 292 g/mol. The molecule has 0 saturated carbocycles. The number of carboxylic acids is 1. The van der Waals surface area contributed by atoms with E-state index in [1.807, 2.05) is 6.92 Å². The van der Waals surface area contributed by atoms with Gasteiger partial charge in [-0.25, -0.2) is 9.78 Å². The molecule has 1 heterocycles. The third-order valence-electron chi connectivity index (χ3n) is 2.65. The summed E-state index contributed by atoms with van der Waals surface area (Å²) in [5.74, 6) is -2.38. The van der Waals surface area contributed by atoms with Crippen molar-refractivity contribution in [2.45, 2.75) is 19.8 Å². The van der Waals surface area contributed by atoms with E-state index < -0.39 is 24.4 Å². The number of esters is 1. The second-order valence-corrected chi connectivity index (χ2v) is 4.34. The number of hydrogen-bond acceptors (Lipinski definition) is 6. The summed E-state index contributed by atoms with van der Waals surface area (Å²) in [5, 5.41) is 10.7. The van der Waals surface area contributed by atoms with E-state index in [1.165, 1.54) is 19.4 Å². The fraction of sp³-hybridized carbons (Fsp3) is 0.429. The lowest BCUT2D eigenvalue weighted by Crippen LogP contribution is -2.30. The van der Waals surface area contributed by atoms with Crippen LogP contribution in [-0.4, -0.2) is 48.2 Å². The molecule has 0 atom stereocenters. The van der Waals surface area contributed by atoms with Gasteiger partial charge in [0.2, 0.25) is 0 Å². The molecule has 22 heavy (non-hydrogen) atoms. The third-order valence-corrected chi connectivity index (χ3v) is 2.65. The average Bonchev–Trinajstić information content (AvgIpc) is 2.52. The molecule has 8 nitrogen and oxygen atoms in total. The van der Waals surface area contributed by atoms with Crippen molar-refractivity contribution in [3.05, 3.63) is 23.5 Å². The van der Waals surface area contributed by atoms with Crippen LogP contribution < -0.4 is 10.1 Å². The van der Waals surface area contributed by atoms with Crippen molar-refractivity contribution in [2.75, 3.05) is 20.3 Å². The highest BCUT2D eigenvalue weighted by atomic mass is 16.5. The topological polar surface area (TPSA) is 115 Å². The smallest absolute Gasteiger partial charge is 0.339 e. The normalized spacial score (nSPS) is 9.91. The van der Waals surface area contributed by atoms with Crippen molar-refractivity contribution in [2.24, 2.45) is 0 Å². The zero-order valence-corrected chi connectivity index (χ0v) is 12.4. The number of aliphatic carboxylic acids is 1. The molecule has 0 unspecified atom stereocenters. The molecule has 0 bridgehead atoms. The van der Waals surface area contributed by atoms with Gasteiger partial charge in [-0.05, 0) is 12.5 Å². The molecule has 1 aromatic rings. The predicted octanol–water partition coefficient (Wildman–Crippen LogP) is 0.861. The summed E-state index contributed by atoms with van der Waals surface area (Å²) in [7, 11) is 1.32. The van der Waals surface area contributed by atoms with E-state index >= 15 is 0 Å². The van der Waals surface area contributed by atoms with Crippen LogP contribution in [0.2, 0.25) is 0 Å².